The lowest BCUT2D eigenvalue weighted by molar-refractivity contribution is 0.172. The summed E-state index contributed by atoms with van der Waals surface area (Å²) in [6, 6.07) is 5.58. The quantitative estimate of drug-likeness (QED) is 0.761. The zero-order chi connectivity index (χ0) is 11.1. The van der Waals surface area contributed by atoms with Gasteiger partial charge in [-0.3, -0.25) is 0 Å². The van der Waals surface area contributed by atoms with Gasteiger partial charge in [0.05, 0.1) is 11.6 Å². The van der Waals surface area contributed by atoms with E-state index in [9.17, 15) is 0 Å². The maximum atomic E-state index is 6.01. The molecule has 1 aromatic carbocycles. The van der Waals surface area contributed by atoms with E-state index in [-0.39, 0.29) is 0 Å². The van der Waals surface area contributed by atoms with E-state index in [1.54, 1.807) is 13.2 Å². The van der Waals surface area contributed by atoms with Gasteiger partial charge < -0.3 is 15.2 Å². The van der Waals surface area contributed by atoms with Gasteiger partial charge in [-0.25, -0.2) is 0 Å². The third-order valence-corrected chi connectivity index (χ3v) is 2.31. The van der Waals surface area contributed by atoms with Crippen molar-refractivity contribution in [2.75, 3.05) is 20.3 Å². The van der Waals surface area contributed by atoms with Gasteiger partial charge in [0, 0.05) is 32.2 Å². The Labute approximate surface area is 95.1 Å². The molecule has 0 radical (unpaired) electrons. The van der Waals surface area contributed by atoms with Gasteiger partial charge in [0.15, 0.2) is 0 Å². The van der Waals surface area contributed by atoms with Crippen molar-refractivity contribution < 1.29 is 9.47 Å². The minimum atomic E-state index is 0.431. The third-order valence-electron chi connectivity index (χ3n) is 2.01. The fraction of sp³-hybridized carbons (Fsp3) is 0.455. The van der Waals surface area contributed by atoms with E-state index in [2.05, 4.69) is 0 Å². The average molecular weight is 230 g/mol. The Kier molecular flexibility index (Phi) is 5.47. The Morgan fingerprint density at radius 2 is 2.13 bits per heavy atom. The molecule has 0 aliphatic heterocycles. The minimum absolute atomic E-state index is 0.431. The molecule has 0 aliphatic rings. The molecule has 4 heteroatoms. The molecule has 1 aromatic rings. The van der Waals surface area contributed by atoms with Gasteiger partial charge in [-0.15, -0.1) is 0 Å². The molecule has 0 amide bonds. The van der Waals surface area contributed by atoms with E-state index in [0.29, 0.717) is 30.5 Å². The Bertz CT molecular complexity index is 305. The van der Waals surface area contributed by atoms with E-state index in [1.807, 2.05) is 12.1 Å². The molecule has 0 aliphatic carbocycles. The molecule has 0 fully saturated rings. The number of rotatable bonds is 6. The van der Waals surface area contributed by atoms with Crippen molar-refractivity contribution in [1.82, 2.24) is 0 Å². The number of hydrogen-bond acceptors (Lipinski definition) is 3. The van der Waals surface area contributed by atoms with E-state index in [4.69, 9.17) is 26.8 Å². The van der Waals surface area contributed by atoms with Crippen molar-refractivity contribution in [2.24, 2.45) is 5.73 Å². The van der Waals surface area contributed by atoms with Crippen LogP contribution in [0.1, 0.15) is 12.0 Å². The first kappa shape index (κ1) is 12.3. The summed E-state index contributed by atoms with van der Waals surface area (Å²) in [4.78, 5) is 0. The summed E-state index contributed by atoms with van der Waals surface area (Å²) in [5.41, 5.74) is 6.52. The van der Waals surface area contributed by atoms with Crippen LogP contribution in [0.5, 0.6) is 5.75 Å². The largest absolute Gasteiger partial charge is 0.492 e. The van der Waals surface area contributed by atoms with E-state index in [1.165, 1.54) is 0 Å². The maximum Gasteiger partial charge on any atom is 0.142 e. The topological polar surface area (TPSA) is 44.5 Å². The van der Waals surface area contributed by atoms with Crippen molar-refractivity contribution in [3.8, 4) is 5.75 Å². The standard InChI is InChI=1S/C11H16ClNO2/c1-14-6-3-7-15-11-9(8-13)4-2-5-10(11)12/h2,4-5H,3,6-8,13H2,1H3. The molecule has 84 valence electrons. The lowest BCUT2D eigenvalue weighted by Gasteiger charge is -2.11. The number of para-hydroxylation sites is 1. The zero-order valence-electron chi connectivity index (χ0n) is 8.83. The van der Waals surface area contributed by atoms with E-state index < -0.39 is 0 Å². The predicted molar refractivity (Wildman–Crippen MR) is 61.3 cm³/mol. The van der Waals surface area contributed by atoms with Crippen molar-refractivity contribution in [3.63, 3.8) is 0 Å². The Morgan fingerprint density at radius 1 is 1.33 bits per heavy atom. The molecule has 0 atom stereocenters. The van der Waals surface area contributed by atoms with E-state index in [0.717, 1.165) is 12.0 Å². The monoisotopic (exact) mass is 229 g/mol. The predicted octanol–water partition coefficient (Wildman–Crippen LogP) is 2.21. The molecule has 0 aromatic heterocycles. The molecule has 0 heterocycles. The first-order valence-corrected chi connectivity index (χ1v) is 5.26. The Hall–Kier alpha value is -0.770. The van der Waals surface area contributed by atoms with Crippen LogP contribution in [-0.2, 0) is 11.3 Å². The molecule has 0 bridgehead atoms. The number of benzene rings is 1. The highest BCUT2D eigenvalue weighted by molar-refractivity contribution is 6.32. The van der Waals surface area contributed by atoms with Crippen LogP contribution in [0.2, 0.25) is 5.02 Å². The van der Waals surface area contributed by atoms with Gasteiger partial charge in [0.1, 0.15) is 5.75 Å². The highest BCUT2D eigenvalue weighted by Gasteiger charge is 2.06. The van der Waals surface area contributed by atoms with Gasteiger partial charge in [-0.05, 0) is 6.07 Å². The van der Waals surface area contributed by atoms with Gasteiger partial charge in [-0.2, -0.15) is 0 Å². The fourth-order valence-electron chi connectivity index (χ4n) is 1.25. The second kappa shape index (κ2) is 6.67. The summed E-state index contributed by atoms with van der Waals surface area (Å²) in [7, 11) is 1.67. The molecule has 1 rings (SSSR count). The van der Waals surface area contributed by atoms with Crippen molar-refractivity contribution in [2.45, 2.75) is 13.0 Å². The van der Waals surface area contributed by atoms with E-state index >= 15 is 0 Å². The zero-order valence-corrected chi connectivity index (χ0v) is 9.59. The molecule has 2 N–H and O–H groups in total. The highest BCUT2D eigenvalue weighted by Crippen LogP contribution is 2.28. The van der Waals surface area contributed by atoms with Crippen LogP contribution in [0.25, 0.3) is 0 Å². The maximum absolute atomic E-state index is 6.01. The summed E-state index contributed by atoms with van der Waals surface area (Å²) < 4.78 is 10.5. The second-order valence-electron chi connectivity index (χ2n) is 3.13. The summed E-state index contributed by atoms with van der Waals surface area (Å²) in [6.07, 6.45) is 0.839. The average Bonchev–Trinajstić information content (AvgIpc) is 2.26. The van der Waals surface area contributed by atoms with Crippen LogP contribution in [0.15, 0.2) is 18.2 Å². The molecule has 0 unspecified atom stereocenters. The Balaban J connectivity index is 2.58. The van der Waals surface area contributed by atoms with Gasteiger partial charge in [0.2, 0.25) is 0 Å². The van der Waals surface area contributed by atoms with Crippen molar-refractivity contribution >= 4 is 11.6 Å². The molecule has 0 saturated heterocycles. The molecule has 15 heavy (non-hydrogen) atoms. The molecular weight excluding hydrogens is 214 g/mol. The number of ether oxygens (including phenoxy) is 2. The van der Waals surface area contributed by atoms with Crippen LogP contribution in [-0.4, -0.2) is 20.3 Å². The number of hydrogen-bond donors (Lipinski definition) is 1. The van der Waals surface area contributed by atoms with Crippen LogP contribution in [0.3, 0.4) is 0 Å². The number of methoxy groups -OCH3 is 1. The van der Waals surface area contributed by atoms with Crippen LogP contribution in [0, 0.1) is 0 Å². The molecular formula is C11H16ClNO2. The van der Waals surface area contributed by atoms with Crippen molar-refractivity contribution in [1.29, 1.82) is 0 Å². The number of halogens is 1. The van der Waals surface area contributed by atoms with Gasteiger partial charge in [0.25, 0.3) is 0 Å². The highest BCUT2D eigenvalue weighted by atomic mass is 35.5. The lowest BCUT2D eigenvalue weighted by Crippen LogP contribution is -2.06. The van der Waals surface area contributed by atoms with Gasteiger partial charge in [-0.1, -0.05) is 23.7 Å². The smallest absolute Gasteiger partial charge is 0.142 e. The summed E-state index contributed by atoms with van der Waals surface area (Å²) in [6.45, 7) is 1.70. The van der Waals surface area contributed by atoms with Crippen LogP contribution >= 0.6 is 11.6 Å². The van der Waals surface area contributed by atoms with Crippen LogP contribution in [0.4, 0.5) is 0 Å². The minimum Gasteiger partial charge on any atom is -0.492 e. The summed E-state index contributed by atoms with van der Waals surface area (Å²) in [5.74, 6) is 0.692. The lowest BCUT2D eigenvalue weighted by atomic mass is 10.2. The molecule has 0 spiro atoms. The fourth-order valence-corrected chi connectivity index (χ4v) is 1.50. The first-order valence-electron chi connectivity index (χ1n) is 4.88. The SMILES string of the molecule is COCCCOc1c(Cl)cccc1CN. The van der Waals surface area contributed by atoms with Crippen LogP contribution < -0.4 is 10.5 Å². The summed E-state index contributed by atoms with van der Waals surface area (Å²) in [5, 5.41) is 0.607. The first-order chi connectivity index (χ1) is 7.29. The summed E-state index contributed by atoms with van der Waals surface area (Å²) >= 11 is 6.01. The molecule has 0 saturated carbocycles. The van der Waals surface area contributed by atoms with Gasteiger partial charge >= 0.3 is 0 Å². The normalized spacial score (nSPS) is 10.3. The second-order valence-corrected chi connectivity index (χ2v) is 3.53. The molecule has 3 nitrogen and oxygen atoms in total. The number of nitrogens with two attached hydrogens (primary N) is 1. The van der Waals surface area contributed by atoms with Crippen molar-refractivity contribution in [3.05, 3.63) is 28.8 Å². The Morgan fingerprint density at radius 3 is 2.80 bits per heavy atom. The third kappa shape index (κ3) is 3.70.